The molecule has 0 N–H and O–H groups in total. The second-order valence-electron chi connectivity index (χ2n) is 17.9. The minimum Gasteiger partial charge on any atom is -0.308 e. The van der Waals surface area contributed by atoms with Gasteiger partial charge in [0, 0.05) is 59.0 Å². The molecular formula is C58H38N4S2. The molecule has 0 saturated heterocycles. The van der Waals surface area contributed by atoms with Crippen LogP contribution in [0.1, 0.15) is 41.7 Å². The Balaban J connectivity index is 0.934. The zero-order chi connectivity index (χ0) is 42.3. The van der Waals surface area contributed by atoms with E-state index in [-0.39, 0.29) is 5.41 Å². The molecule has 1 aliphatic heterocycles. The zero-order valence-electron chi connectivity index (χ0n) is 35.1. The van der Waals surface area contributed by atoms with E-state index in [0.29, 0.717) is 28.6 Å². The van der Waals surface area contributed by atoms with E-state index in [9.17, 15) is 0 Å². The highest BCUT2D eigenvalue weighted by Gasteiger charge is 2.51. The first-order chi connectivity index (χ1) is 31.5. The van der Waals surface area contributed by atoms with Crippen LogP contribution in [0, 0.1) is 0 Å². The number of hydrogen-bond acceptors (Lipinski definition) is 5. The van der Waals surface area contributed by atoms with Gasteiger partial charge in [-0.3, -0.25) is 0 Å². The van der Waals surface area contributed by atoms with Crippen molar-refractivity contribution in [1.82, 2.24) is 19.5 Å². The van der Waals surface area contributed by atoms with Crippen molar-refractivity contribution in [2.45, 2.75) is 35.3 Å². The van der Waals surface area contributed by atoms with Gasteiger partial charge in [-0.1, -0.05) is 166 Å². The van der Waals surface area contributed by atoms with Crippen LogP contribution in [-0.4, -0.2) is 19.5 Å². The summed E-state index contributed by atoms with van der Waals surface area (Å²) < 4.78 is 4.92. The first-order valence-corrected chi connectivity index (χ1v) is 23.7. The van der Waals surface area contributed by atoms with Crippen molar-refractivity contribution < 1.29 is 0 Å². The Hall–Kier alpha value is -7.12. The monoisotopic (exact) mass is 854 g/mol. The van der Waals surface area contributed by atoms with Gasteiger partial charge in [0.2, 0.25) is 0 Å². The fraction of sp³-hybridized carbons (Fsp3) is 0.0862. The van der Waals surface area contributed by atoms with Crippen molar-refractivity contribution in [3.05, 3.63) is 199 Å². The molecule has 64 heavy (non-hydrogen) atoms. The average Bonchev–Trinajstić information content (AvgIpc) is 4.08. The minimum atomic E-state index is 0.0489. The Bertz CT molecular complexity index is 3950. The minimum absolute atomic E-state index is 0.0489. The highest BCUT2D eigenvalue weighted by atomic mass is 32.2. The van der Waals surface area contributed by atoms with Gasteiger partial charge in [0.25, 0.3) is 0 Å². The molecule has 2 atom stereocenters. The highest BCUT2D eigenvalue weighted by Crippen LogP contribution is 2.66. The Morgan fingerprint density at radius 1 is 0.500 bits per heavy atom. The van der Waals surface area contributed by atoms with Crippen molar-refractivity contribution in [3.63, 3.8) is 0 Å². The number of benzene rings is 9. The predicted molar refractivity (Wildman–Crippen MR) is 269 cm³/mol. The Morgan fingerprint density at radius 3 is 2.05 bits per heavy atom. The van der Waals surface area contributed by atoms with Crippen molar-refractivity contribution in [2.75, 3.05) is 0 Å². The number of rotatable bonds is 4. The number of nitrogens with zero attached hydrogens (tertiary/aromatic N) is 4. The van der Waals surface area contributed by atoms with Gasteiger partial charge >= 0.3 is 0 Å². The summed E-state index contributed by atoms with van der Waals surface area (Å²) in [6.45, 7) is 4.82. The smallest absolute Gasteiger partial charge is 0.164 e. The van der Waals surface area contributed by atoms with Crippen LogP contribution in [0.5, 0.6) is 0 Å². The number of thiophene rings is 1. The Morgan fingerprint density at radius 2 is 1.17 bits per heavy atom. The molecule has 12 aromatic rings. The molecule has 0 fully saturated rings. The summed E-state index contributed by atoms with van der Waals surface area (Å²) >= 11 is 3.84. The maximum Gasteiger partial charge on any atom is 0.164 e. The van der Waals surface area contributed by atoms with Gasteiger partial charge in [-0.05, 0) is 74.0 Å². The molecule has 14 rings (SSSR count). The number of para-hydroxylation sites is 1. The number of fused-ring (bicyclic) bond motifs is 14. The van der Waals surface area contributed by atoms with Crippen LogP contribution >= 0.6 is 23.1 Å². The molecular weight excluding hydrogens is 817 g/mol. The van der Waals surface area contributed by atoms with Gasteiger partial charge in [0.05, 0.1) is 21.4 Å². The number of aromatic nitrogens is 4. The third kappa shape index (κ3) is 5.15. The van der Waals surface area contributed by atoms with Crippen LogP contribution in [0.25, 0.3) is 103 Å². The van der Waals surface area contributed by atoms with Crippen LogP contribution in [-0.2, 0) is 5.41 Å². The third-order valence-corrected chi connectivity index (χ3v) is 16.7. The van der Waals surface area contributed by atoms with Gasteiger partial charge in [-0.25, -0.2) is 15.0 Å². The molecule has 1 aliphatic carbocycles. The van der Waals surface area contributed by atoms with E-state index in [4.69, 9.17) is 15.0 Å². The van der Waals surface area contributed by atoms with E-state index < -0.39 is 0 Å². The van der Waals surface area contributed by atoms with Crippen LogP contribution in [0.4, 0.5) is 0 Å². The molecule has 0 spiro atoms. The van der Waals surface area contributed by atoms with Crippen molar-refractivity contribution in [1.29, 1.82) is 0 Å². The van der Waals surface area contributed by atoms with Gasteiger partial charge in [-0.15, -0.1) is 23.1 Å². The van der Waals surface area contributed by atoms with E-state index in [1.807, 2.05) is 23.1 Å². The van der Waals surface area contributed by atoms with Crippen molar-refractivity contribution >= 4 is 86.6 Å². The number of thioether (sulfide) groups is 1. The van der Waals surface area contributed by atoms with Crippen LogP contribution in [0.2, 0.25) is 0 Å². The van der Waals surface area contributed by atoms with Gasteiger partial charge in [-0.2, -0.15) is 0 Å². The summed E-state index contributed by atoms with van der Waals surface area (Å²) in [5, 5.41) is 10.2. The summed E-state index contributed by atoms with van der Waals surface area (Å²) in [6, 6.07) is 66.4. The molecule has 2 unspecified atom stereocenters. The lowest BCUT2D eigenvalue weighted by atomic mass is 9.75. The second-order valence-corrected chi connectivity index (χ2v) is 20.1. The predicted octanol–water partition coefficient (Wildman–Crippen LogP) is 15.9. The molecule has 9 aromatic carbocycles. The summed E-state index contributed by atoms with van der Waals surface area (Å²) in [6.07, 6.45) is 0. The van der Waals surface area contributed by atoms with Gasteiger partial charge < -0.3 is 4.57 Å². The molecule has 302 valence electrons. The fourth-order valence-corrected chi connectivity index (χ4v) is 14.2. The quantitative estimate of drug-likeness (QED) is 0.177. The highest BCUT2D eigenvalue weighted by molar-refractivity contribution is 8.00. The molecule has 4 nitrogen and oxygen atoms in total. The number of hydrogen-bond donors (Lipinski definition) is 0. The third-order valence-electron chi connectivity index (χ3n) is 14.1. The normalized spacial score (nSPS) is 16.3. The van der Waals surface area contributed by atoms with E-state index in [0.717, 1.165) is 27.5 Å². The molecule has 4 heterocycles. The SMILES string of the molecule is CC1(C)c2ccccc2C2Sc3cc(-c4nc(-c5ccc6c(c5)sc5c(-n7c8ccccc8c8c9ccccc9ccc87)cccc56)nc(-c5cccc6ccccc56)n4)ccc3C21. The summed E-state index contributed by atoms with van der Waals surface area (Å²) in [5.74, 6) is 2.45. The molecule has 0 saturated carbocycles. The van der Waals surface area contributed by atoms with Crippen LogP contribution in [0.3, 0.4) is 0 Å². The second kappa shape index (κ2) is 13.4. The van der Waals surface area contributed by atoms with Crippen molar-refractivity contribution in [2.24, 2.45) is 0 Å². The molecule has 3 aromatic heterocycles. The lowest BCUT2D eigenvalue weighted by molar-refractivity contribution is 0.446. The van der Waals surface area contributed by atoms with Crippen molar-refractivity contribution in [3.8, 4) is 39.9 Å². The largest absolute Gasteiger partial charge is 0.308 e. The van der Waals surface area contributed by atoms with Crippen LogP contribution in [0.15, 0.2) is 187 Å². The maximum atomic E-state index is 5.32. The fourth-order valence-electron chi connectivity index (χ4n) is 11.2. The average molecular weight is 855 g/mol. The summed E-state index contributed by atoms with van der Waals surface area (Å²) in [7, 11) is 0. The Kier molecular flexibility index (Phi) is 7.64. The van der Waals surface area contributed by atoms with Gasteiger partial charge in [0.15, 0.2) is 17.5 Å². The lowest BCUT2D eigenvalue weighted by Crippen LogP contribution is -2.21. The lowest BCUT2D eigenvalue weighted by Gasteiger charge is -2.28. The van der Waals surface area contributed by atoms with Gasteiger partial charge in [0.1, 0.15) is 0 Å². The molecule has 6 heteroatoms. The zero-order valence-corrected chi connectivity index (χ0v) is 36.7. The maximum absolute atomic E-state index is 5.32. The first kappa shape index (κ1) is 36.4. The Labute approximate surface area is 377 Å². The molecule has 0 amide bonds. The molecule has 2 aliphatic rings. The van der Waals surface area contributed by atoms with Crippen LogP contribution < -0.4 is 0 Å². The summed E-state index contributed by atoms with van der Waals surface area (Å²) in [4.78, 5) is 17.2. The van der Waals surface area contributed by atoms with E-state index >= 15 is 0 Å². The standard InChI is InChI=1S/C58H38N4S2/c1-58(2)45-22-9-7-18-42(45)54-52(58)44-29-26-36(32-50(44)64-54)56-59-55(60-57(61-56)41-21-11-15-33-13-3-5-16-37(33)41)35-25-28-39-40-20-12-24-48(53(40)63-49(39)31-35)62-46-23-10-8-19-43(46)51-38-17-6-4-14-34(38)27-30-47(51)62/h3-32,52,54H,1-2H3. The van der Waals surface area contributed by atoms with E-state index in [1.54, 1.807) is 0 Å². The first-order valence-electron chi connectivity index (χ1n) is 22.0. The van der Waals surface area contributed by atoms with E-state index in [1.165, 1.54) is 80.0 Å². The molecule has 0 radical (unpaired) electrons. The van der Waals surface area contributed by atoms with E-state index in [2.05, 4.69) is 200 Å². The molecule has 0 bridgehead atoms. The summed E-state index contributed by atoms with van der Waals surface area (Å²) in [5.41, 5.74) is 11.0. The topological polar surface area (TPSA) is 43.6 Å².